The van der Waals surface area contributed by atoms with Crippen molar-refractivity contribution >= 4 is 9.84 Å². The van der Waals surface area contributed by atoms with Crippen LogP contribution < -0.4 is 0 Å². The molecule has 1 N–H and O–H groups in total. The summed E-state index contributed by atoms with van der Waals surface area (Å²) in [7, 11) is -2.68. The van der Waals surface area contributed by atoms with Crippen LogP contribution in [0.3, 0.4) is 0 Å². The smallest absolute Gasteiger partial charge is 0.150 e. The summed E-state index contributed by atoms with van der Waals surface area (Å²) in [5.41, 5.74) is 0. The summed E-state index contributed by atoms with van der Waals surface area (Å²) < 4.78 is 22.5. The molecule has 0 aromatic carbocycles. The highest BCUT2D eigenvalue weighted by Gasteiger charge is 2.22. The van der Waals surface area contributed by atoms with E-state index >= 15 is 0 Å². The Hall–Kier alpha value is -0.0900. The van der Waals surface area contributed by atoms with Crippen LogP contribution in [-0.2, 0) is 9.84 Å². The van der Waals surface area contributed by atoms with Crippen molar-refractivity contribution in [1.82, 2.24) is 0 Å². The molecule has 1 aliphatic rings. The number of hydrogen-bond donors (Lipinski definition) is 1. The second-order valence-corrected chi connectivity index (χ2v) is 7.53. The molecule has 0 amide bonds. The maximum atomic E-state index is 11.3. The number of sulfone groups is 1. The molecule has 0 aliphatic carbocycles. The van der Waals surface area contributed by atoms with E-state index in [0.29, 0.717) is 24.0 Å². The van der Waals surface area contributed by atoms with Gasteiger partial charge in [-0.05, 0) is 25.2 Å². The molecule has 0 unspecified atom stereocenters. The second-order valence-electron chi connectivity index (χ2n) is 5.23. The lowest BCUT2D eigenvalue weighted by atomic mass is 9.95. The van der Waals surface area contributed by atoms with Crippen LogP contribution in [-0.4, -0.2) is 31.6 Å². The Labute approximate surface area is 106 Å². The molecule has 1 saturated heterocycles. The van der Waals surface area contributed by atoms with E-state index in [9.17, 15) is 8.42 Å². The zero-order valence-electron chi connectivity index (χ0n) is 10.7. The molecule has 4 heteroatoms. The van der Waals surface area contributed by atoms with Gasteiger partial charge in [0.2, 0.25) is 0 Å². The largest absolute Gasteiger partial charge is 0.396 e. The third-order valence-electron chi connectivity index (χ3n) is 3.69. The lowest BCUT2D eigenvalue weighted by Gasteiger charge is -2.21. The summed E-state index contributed by atoms with van der Waals surface area (Å²) >= 11 is 0. The number of aliphatic hydroxyl groups is 1. The van der Waals surface area contributed by atoms with Crippen molar-refractivity contribution in [2.45, 2.75) is 57.8 Å². The first kappa shape index (κ1) is 15.0. The van der Waals surface area contributed by atoms with E-state index < -0.39 is 9.84 Å². The average Bonchev–Trinajstić information content (AvgIpc) is 2.30. The summed E-state index contributed by atoms with van der Waals surface area (Å²) in [4.78, 5) is 0. The third kappa shape index (κ3) is 7.04. The molecule has 102 valence electrons. The van der Waals surface area contributed by atoms with Gasteiger partial charge in [-0.2, -0.15) is 0 Å². The molecule has 0 saturated carbocycles. The van der Waals surface area contributed by atoms with Gasteiger partial charge in [0.15, 0.2) is 0 Å². The van der Waals surface area contributed by atoms with Crippen LogP contribution in [0.25, 0.3) is 0 Å². The maximum Gasteiger partial charge on any atom is 0.150 e. The molecular weight excluding hydrogens is 236 g/mol. The molecule has 0 radical (unpaired) electrons. The van der Waals surface area contributed by atoms with Crippen molar-refractivity contribution in [1.29, 1.82) is 0 Å². The van der Waals surface area contributed by atoms with Gasteiger partial charge in [-0.15, -0.1) is 0 Å². The predicted molar refractivity (Wildman–Crippen MR) is 70.8 cm³/mol. The SMILES string of the molecule is O=S1(=O)CCC(CCCCCCCCO)CC1. The molecule has 0 aromatic rings. The number of hydrogen-bond acceptors (Lipinski definition) is 3. The van der Waals surface area contributed by atoms with Gasteiger partial charge in [0.25, 0.3) is 0 Å². The number of unbranched alkanes of at least 4 members (excludes halogenated alkanes) is 5. The Bertz CT molecular complexity index is 271. The van der Waals surface area contributed by atoms with E-state index in [-0.39, 0.29) is 0 Å². The molecule has 0 aromatic heterocycles. The molecule has 1 fully saturated rings. The van der Waals surface area contributed by atoms with Crippen LogP contribution in [0.1, 0.15) is 57.8 Å². The van der Waals surface area contributed by atoms with E-state index in [0.717, 1.165) is 25.7 Å². The number of aliphatic hydroxyl groups excluding tert-OH is 1. The van der Waals surface area contributed by atoms with Crippen LogP contribution in [0.2, 0.25) is 0 Å². The van der Waals surface area contributed by atoms with Crippen LogP contribution in [0.4, 0.5) is 0 Å². The molecule has 1 heterocycles. The average molecular weight is 262 g/mol. The summed E-state index contributed by atoms with van der Waals surface area (Å²) in [6, 6.07) is 0. The minimum atomic E-state index is -2.68. The molecular formula is C13H26O3S. The summed E-state index contributed by atoms with van der Waals surface area (Å²) in [6.07, 6.45) is 10.0. The van der Waals surface area contributed by atoms with Gasteiger partial charge in [0.05, 0.1) is 11.5 Å². The fraction of sp³-hybridized carbons (Fsp3) is 1.00. The van der Waals surface area contributed by atoms with Gasteiger partial charge in [-0.1, -0.05) is 38.5 Å². The summed E-state index contributed by atoms with van der Waals surface area (Å²) in [5.74, 6) is 1.47. The molecule has 1 aliphatic heterocycles. The Morgan fingerprint density at radius 2 is 1.41 bits per heavy atom. The molecule has 0 spiro atoms. The fourth-order valence-corrected chi connectivity index (χ4v) is 4.07. The molecule has 17 heavy (non-hydrogen) atoms. The van der Waals surface area contributed by atoms with Gasteiger partial charge >= 0.3 is 0 Å². The Morgan fingerprint density at radius 3 is 2.00 bits per heavy atom. The first-order chi connectivity index (χ1) is 8.14. The first-order valence-electron chi connectivity index (χ1n) is 6.95. The zero-order valence-corrected chi connectivity index (χ0v) is 11.6. The van der Waals surface area contributed by atoms with E-state index in [1.807, 2.05) is 0 Å². The van der Waals surface area contributed by atoms with Crippen molar-refractivity contribution in [3.8, 4) is 0 Å². The minimum absolute atomic E-state index is 0.316. The van der Waals surface area contributed by atoms with E-state index in [1.165, 1.54) is 32.1 Å². The Kier molecular flexibility index (Phi) is 7.12. The van der Waals surface area contributed by atoms with E-state index in [4.69, 9.17) is 5.11 Å². The van der Waals surface area contributed by atoms with Crippen LogP contribution in [0, 0.1) is 5.92 Å². The number of rotatable bonds is 8. The second kappa shape index (κ2) is 8.09. The highest BCUT2D eigenvalue weighted by atomic mass is 32.2. The van der Waals surface area contributed by atoms with Crippen LogP contribution >= 0.6 is 0 Å². The van der Waals surface area contributed by atoms with Crippen LogP contribution in [0.5, 0.6) is 0 Å². The monoisotopic (exact) mass is 262 g/mol. The van der Waals surface area contributed by atoms with Crippen LogP contribution in [0.15, 0.2) is 0 Å². The summed E-state index contributed by atoms with van der Waals surface area (Å²) in [5, 5.41) is 8.63. The van der Waals surface area contributed by atoms with Gasteiger partial charge in [-0.25, -0.2) is 8.42 Å². The molecule has 1 rings (SSSR count). The molecule has 3 nitrogen and oxygen atoms in total. The van der Waals surface area contributed by atoms with Crippen molar-refractivity contribution in [3.63, 3.8) is 0 Å². The lowest BCUT2D eigenvalue weighted by Crippen LogP contribution is -2.23. The van der Waals surface area contributed by atoms with Crippen molar-refractivity contribution in [2.24, 2.45) is 5.92 Å². The summed E-state index contributed by atoms with van der Waals surface area (Å²) in [6.45, 7) is 0.316. The normalized spacial score (nSPS) is 20.5. The van der Waals surface area contributed by atoms with Crippen molar-refractivity contribution in [2.75, 3.05) is 18.1 Å². The van der Waals surface area contributed by atoms with Gasteiger partial charge in [0.1, 0.15) is 9.84 Å². The standard InChI is InChI=1S/C13H26O3S/c14-10-6-4-2-1-3-5-7-13-8-11-17(15,16)12-9-13/h13-14H,1-12H2. The fourth-order valence-electron chi connectivity index (χ4n) is 2.48. The highest BCUT2D eigenvalue weighted by molar-refractivity contribution is 7.91. The predicted octanol–water partition coefficient (Wildman–Crippen LogP) is 2.53. The van der Waals surface area contributed by atoms with Crippen molar-refractivity contribution in [3.05, 3.63) is 0 Å². The van der Waals surface area contributed by atoms with Gasteiger partial charge < -0.3 is 5.11 Å². The highest BCUT2D eigenvalue weighted by Crippen LogP contribution is 2.24. The topological polar surface area (TPSA) is 54.4 Å². The van der Waals surface area contributed by atoms with Crippen molar-refractivity contribution < 1.29 is 13.5 Å². The molecule has 0 bridgehead atoms. The minimum Gasteiger partial charge on any atom is -0.396 e. The van der Waals surface area contributed by atoms with E-state index in [1.54, 1.807) is 0 Å². The maximum absolute atomic E-state index is 11.3. The first-order valence-corrected chi connectivity index (χ1v) is 8.77. The molecule has 0 atom stereocenters. The van der Waals surface area contributed by atoms with Gasteiger partial charge in [0, 0.05) is 6.61 Å². The zero-order chi connectivity index (χ0) is 12.6. The van der Waals surface area contributed by atoms with E-state index in [2.05, 4.69) is 0 Å². The van der Waals surface area contributed by atoms with Gasteiger partial charge in [-0.3, -0.25) is 0 Å². The Balaban J connectivity index is 1.94. The third-order valence-corrected chi connectivity index (χ3v) is 5.41. The lowest BCUT2D eigenvalue weighted by molar-refractivity contribution is 0.282. The quantitative estimate of drug-likeness (QED) is 0.684. The Morgan fingerprint density at radius 1 is 0.882 bits per heavy atom.